The van der Waals surface area contributed by atoms with Gasteiger partial charge in [0, 0.05) is 10.7 Å². The zero-order valence-electron chi connectivity index (χ0n) is 9.48. The van der Waals surface area contributed by atoms with Gasteiger partial charge in [-0.15, -0.1) is 0 Å². The summed E-state index contributed by atoms with van der Waals surface area (Å²) in [6, 6.07) is 11.8. The van der Waals surface area contributed by atoms with Crippen molar-refractivity contribution in [2.45, 2.75) is 0 Å². The molecule has 0 atom stereocenters. The van der Waals surface area contributed by atoms with Crippen molar-refractivity contribution in [3.05, 3.63) is 53.1 Å². The van der Waals surface area contributed by atoms with Crippen LogP contribution < -0.4 is 16.8 Å². The lowest BCUT2D eigenvalue weighted by Crippen LogP contribution is -2.14. The molecule has 0 unspecified atom stereocenters. The molecule has 4 nitrogen and oxygen atoms in total. The molecule has 0 bridgehead atoms. The first-order valence-electron chi connectivity index (χ1n) is 5.29. The van der Waals surface area contributed by atoms with E-state index in [0.29, 0.717) is 22.0 Å². The zero-order chi connectivity index (χ0) is 13.1. The first-order chi connectivity index (χ1) is 8.58. The molecule has 5 heteroatoms. The summed E-state index contributed by atoms with van der Waals surface area (Å²) in [7, 11) is 0. The van der Waals surface area contributed by atoms with Gasteiger partial charge in [-0.05, 0) is 30.3 Å². The molecule has 92 valence electrons. The number of benzene rings is 2. The average molecular weight is 262 g/mol. The number of nitrogen functional groups attached to an aromatic ring is 2. The standard InChI is InChI=1S/C13H12ClN3O/c14-8-3-1-4-9(7-8)17-13(18)10-5-2-6-11(15)12(10)16/h1-7H,15-16H2,(H,17,18). The lowest BCUT2D eigenvalue weighted by atomic mass is 10.1. The number of nitrogens with two attached hydrogens (primary N) is 2. The van der Waals surface area contributed by atoms with Crippen LogP contribution in [-0.2, 0) is 0 Å². The van der Waals surface area contributed by atoms with E-state index < -0.39 is 0 Å². The van der Waals surface area contributed by atoms with Crippen LogP contribution in [0.2, 0.25) is 5.02 Å². The van der Waals surface area contributed by atoms with Crippen molar-refractivity contribution in [2.75, 3.05) is 16.8 Å². The number of para-hydroxylation sites is 1. The molecule has 0 aromatic heterocycles. The molecule has 1 amide bonds. The van der Waals surface area contributed by atoms with Crippen molar-refractivity contribution in [3.8, 4) is 0 Å². The quantitative estimate of drug-likeness (QED) is 0.727. The van der Waals surface area contributed by atoms with Crippen LogP contribution >= 0.6 is 11.6 Å². The minimum absolute atomic E-state index is 0.275. The molecular formula is C13H12ClN3O. The number of carbonyl (C=O) groups excluding carboxylic acids is 1. The average Bonchev–Trinajstić information content (AvgIpc) is 2.32. The number of carbonyl (C=O) groups is 1. The van der Waals surface area contributed by atoms with E-state index >= 15 is 0 Å². The number of nitrogens with one attached hydrogen (secondary N) is 1. The molecule has 0 heterocycles. The van der Waals surface area contributed by atoms with Gasteiger partial charge < -0.3 is 16.8 Å². The fourth-order valence-corrected chi connectivity index (χ4v) is 1.74. The Kier molecular flexibility index (Phi) is 3.39. The minimum atomic E-state index is -0.318. The second-order valence-corrected chi connectivity index (χ2v) is 4.21. The lowest BCUT2D eigenvalue weighted by Gasteiger charge is -2.09. The van der Waals surface area contributed by atoms with Crippen molar-refractivity contribution in [2.24, 2.45) is 0 Å². The Hall–Kier alpha value is -2.20. The Bertz CT molecular complexity index is 599. The van der Waals surface area contributed by atoms with Crippen LogP contribution in [0.5, 0.6) is 0 Å². The normalized spacial score (nSPS) is 10.1. The number of amides is 1. The van der Waals surface area contributed by atoms with Gasteiger partial charge in [0.1, 0.15) is 0 Å². The highest BCUT2D eigenvalue weighted by molar-refractivity contribution is 6.31. The Morgan fingerprint density at radius 2 is 1.83 bits per heavy atom. The molecule has 0 radical (unpaired) electrons. The van der Waals surface area contributed by atoms with E-state index in [2.05, 4.69) is 5.32 Å². The number of hydrogen-bond acceptors (Lipinski definition) is 3. The maximum absolute atomic E-state index is 12.0. The summed E-state index contributed by atoms with van der Waals surface area (Å²) in [5.41, 5.74) is 13.0. The third-order valence-corrected chi connectivity index (χ3v) is 2.70. The van der Waals surface area contributed by atoms with Crippen molar-refractivity contribution in [1.29, 1.82) is 0 Å². The van der Waals surface area contributed by atoms with Crippen molar-refractivity contribution >= 4 is 34.6 Å². The number of rotatable bonds is 2. The fraction of sp³-hybridized carbons (Fsp3) is 0. The maximum Gasteiger partial charge on any atom is 0.257 e. The first-order valence-corrected chi connectivity index (χ1v) is 5.66. The summed E-state index contributed by atoms with van der Waals surface area (Å²) in [5, 5.41) is 3.26. The molecule has 5 N–H and O–H groups in total. The van der Waals surface area contributed by atoms with Gasteiger partial charge in [0.05, 0.1) is 16.9 Å². The van der Waals surface area contributed by atoms with Crippen LogP contribution in [0.25, 0.3) is 0 Å². The van der Waals surface area contributed by atoms with Gasteiger partial charge in [0.2, 0.25) is 0 Å². The number of halogens is 1. The lowest BCUT2D eigenvalue weighted by molar-refractivity contribution is 0.102. The monoisotopic (exact) mass is 261 g/mol. The maximum atomic E-state index is 12.0. The smallest absolute Gasteiger partial charge is 0.257 e. The molecule has 2 rings (SSSR count). The van der Waals surface area contributed by atoms with Crippen LogP contribution in [0.1, 0.15) is 10.4 Å². The van der Waals surface area contributed by atoms with Gasteiger partial charge in [-0.2, -0.15) is 0 Å². The second-order valence-electron chi connectivity index (χ2n) is 3.77. The summed E-state index contributed by atoms with van der Waals surface area (Å²) >= 11 is 5.83. The molecule has 0 saturated carbocycles. The van der Waals surface area contributed by atoms with Crippen molar-refractivity contribution in [1.82, 2.24) is 0 Å². The van der Waals surface area contributed by atoms with E-state index in [4.69, 9.17) is 23.1 Å². The van der Waals surface area contributed by atoms with Gasteiger partial charge in [0.15, 0.2) is 0 Å². The predicted octanol–water partition coefficient (Wildman–Crippen LogP) is 2.76. The highest BCUT2D eigenvalue weighted by Gasteiger charge is 2.11. The zero-order valence-corrected chi connectivity index (χ0v) is 10.2. The van der Waals surface area contributed by atoms with Crippen molar-refractivity contribution < 1.29 is 4.79 Å². The molecular weight excluding hydrogens is 250 g/mol. The summed E-state index contributed by atoms with van der Waals surface area (Å²) in [4.78, 5) is 12.0. The van der Waals surface area contributed by atoms with Crippen LogP contribution in [0.3, 0.4) is 0 Å². The Morgan fingerprint density at radius 3 is 2.56 bits per heavy atom. The molecule has 18 heavy (non-hydrogen) atoms. The molecule has 0 saturated heterocycles. The predicted molar refractivity (Wildman–Crippen MR) is 74.7 cm³/mol. The summed E-state index contributed by atoms with van der Waals surface area (Å²) in [5.74, 6) is -0.318. The minimum Gasteiger partial charge on any atom is -0.397 e. The van der Waals surface area contributed by atoms with Gasteiger partial charge in [-0.25, -0.2) is 0 Å². The van der Waals surface area contributed by atoms with Crippen LogP contribution in [0, 0.1) is 0 Å². The van der Waals surface area contributed by atoms with E-state index in [-0.39, 0.29) is 11.6 Å². The van der Waals surface area contributed by atoms with E-state index in [1.54, 1.807) is 42.5 Å². The molecule has 0 aliphatic carbocycles. The summed E-state index contributed by atoms with van der Waals surface area (Å²) in [6.07, 6.45) is 0. The molecule has 2 aromatic carbocycles. The molecule has 2 aromatic rings. The van der Waals surface area contributed by atoms with Gasteiger partial charge in [-0.1, -0.05) is 23.7 Å². The van der Waals surface area contributed by atoms with Gasteiger partial charge >= 0.3 is 0 Å². The molecule has 0 aliphatic rings. The molecule has 0 spiro atoms. The van der Waals surface area contributed by atoms with E-state index in [0.717, 1.165) is 0 Å². The van der Waals surface area contributed by atoms with Crippen LogP contribution in [0.15, 0.2) is 42.5 Å². The van der Waals surface area contributed by atoms with Gasteiger partial charge in [-0.3, -0.25) is 4.79 Å². The SMILES string of the molecule is Nc1cccc(C(=O)Nc2cccc(Cl)c2)c1N. The second kappa shape index (κ2) is 4.98. The fourth-order valence-electron chi connectivity index (χ4n) is 1.55. The Labute approximate surface area is 110 Å². The third kappa shape index (κ3) is 2.55. The number of hydrogen-bond donors (Lipinski definition) is 3. The summed E-state index contributed by atoms with van der Waals surface area (Å²) in [6.45, 7) is 0. The van der Waals surface area contributed by atoms with E-state index in [1.165, 1.54) is 0 Å². The van der Waals surface area contributed by atoms with Gasteiger partial charge in [0.25, 0.3) is 5.91 Å². The Morgan fingerprint density at radius 1 is 1.11 bits per heavy atom. The largest absolute Gasteiger partial charge is 0.397 e. The first kappa shape index (κ1) is 12.3. The Balaban J connectivity index is 2.25. The third-order valence-electron chi connectivity index (χ3n) is 2.47. The molecule has 0 fully saturated rings. The summed E-state index contributed by atoms with van der Waals surface area (Å²) < 4.78 is 0. The highest BCUT2D eigenvalue weighted by Crippen LogP contribution is 2.21. The topological polar surface area (TPSA) is 81.1 Å². The van der Waals surface area contributed by atoms with Crippen LogP contribution in [0.4, 0.5) is 17.1 Å². The van der Waals surface area contributed by atoms with E-state index in [9.17, 15) is 4.79 Å². The van der Waals surface area contributed by atoms with Crippen LogP contribution in [-0.4, -0.2) is 5.91 Å². The van der Waals surface area contributed by atoms with Crippen molar-refractivity contribution in [3.63, 3.8) is 0 Å². The molecule has 0 aliphatic heterocycles. The van der Waals surface area contributed by atoms with E-state index in [1.807, 2.05) is 0 Å². The number of anilines is 3. The highest BCUT2D eigenvalue weighted by atomic mass is 35.5.